The maximum Gasteiger partial charge on any atom is 0.199 e. The zero-order valence-electron chi connectivity index (χ0n) is 11.7. The Morgan fingerprint density at radius 2 is 1.91 bits per heavy atom. The number of aromatic hydroxyl groups is 2. The lowest BCUT2D eigenvalue weighted by atomic mass is 9.93. The van der Waals surface area contributed by atoms with Crippen molar-refractivity contribution >= 4 is 5.78 Å². The van der Waals surface area contributed by atoms with Crippen molar-refractivity contribution in [3.63, 3.8) is 0 Å². The number of aliphatic hydroxyl groups is 1. The molecule has 1 aliphatic heterocycles. The van der Waals surface area contributed by atoms with Gasteiger partial charge in [-0.2, -0.15) is 0 Å². The number of carbonyl (C=O) groups is 1. The van der Waals surface area contributed by atoms with Crippen LogP contribution < -0.4 is 9.47 Å². The topological polar surface area (TPSA) is 96.2 Å². The van der Waals surface area contributed by atoms with Gasteiger partial charge in [-0.25, -0.2) is 0 Å². The Bertz CT molecular complexity index is 739. The second-order valence-corrected chi connectivity index (χ2v) is 4.96. The summed E-state index contributed by atoms with van der Waals surface area (Å²) in [5.74, 6) is -0.168. The zero-order valence-corrected chi connectivity index (χ0v) is 11.7. The minimum Gasteiger partial charge on any atom is -0.508 e. The molecule has 6 nitrogen and oxygen atoms in total. The van der Waals surface area contributed by atoms with Gasteiger partial charge in [-0.15, -0.1) is 0 Å². The Morgan fingerprint density at radius 1 is 1.14 bits per heavy atom. The summed E-state index contributed by atoms with van der Waals surface area (Å²) in [5, 5.41) is 29.3. The van der Waals surface area contributed by atoms with Crippen molar-refractivity contribution in [2.24, 2.45) is 0 Å². The lowest BCUT2D eigenvalue weighted by Gasteiger charge is -2.30. The van der Waals surface area contributed by atoms with Gasteiger partial charge in [-0.05, 0) is 29.8 Å². The van der Waals surface area contributed by atoms with E-state index in [1.807, 2.05) is 0 Å². The van der Waals surface area contributed by atoms with Crippen LogP contribution in [0.25, 0.3) is 0 Å². The van der Waals surface area contributed by atoms with Gasteiger partial charge in [0.2, 0.25) is 0 Å². The van der Waals surface area contributed by atoms with E-state index in [-0.39, 0.29) is 28.6 Å². The molecule has 0 aliphatic carbocycles. The number of fused-ring (bicyclic) bond motifs is 1. The van der Waals surface area contributed by atoms with E-state index in [4.69, 9.17) is 9.47 Å². The fraction of sp³-hybridized carbons (Fsp3) is 0.188. The van der Waals surface area contributed by atoms with Crippen molar-refractivity contribution in [2.45, 2.75) is 12.2 Å². The predicted molar refractivity (Wildman–Crippen MR) is 76.5 cm³/mol. The average Bonchev–Trinajstić information content (AvgIpc) is 2.51. The molecule has 1 heterocycles. The largest absolute Gasteiger partial charge is 0.508 e. The van der Waals surface area contributed by atoms with Gasteiger partial charge in [0.15, 0.2) is 29.5 Å². The summed E-state index contributed by atoms with van der Waals surface area (Å²) < 4.78 is 10.7. The number of Topliss-reactive ketones (excluding diaryl/α,β-unsaturated/α-hetero) is 1. The fourth-order valence-electron chi connectivity index (χ4n) is 2.43. The van der Waals surface area contributed by atoms with Crippen molar-refractivity contribution < 1.29 is 29.6 Å². The standard InChI is InChI=1S/C16H14O6/c1-21-13-6-8(2-5-11(13)18)16-15(20)14(19)10-4-3-9(17)7-12(10)22-16/h2-7,15-18,20H,1H3. The zero-order chi connectivity index (χ0) is 15.9. The Morgan fingerprint density at radius 3 is 2.64 bits per heavy atom. The highest BCUT2D eigenvalue weighted by atomic mass is 16.5. The van der Waals surface area contributed by atoms with Crippen molar-refractivity contribution in [2.75, 3.05) is 7.11 Å². The number of carbonyl (C=O) groups excluding carboxylic acids is 1. The molecule has 0 spiro atoms. The van der Waals surface area contributed by atoms with Crippen LogP contribution in [0.15, 0.2) is 36.4 Å². The number of rotatable bonds is 2. The molecule has 3 N–H and O–H groups in total. The molecule has 2 atom stereocenters. The van der Waals surface area contributed by atoms with E-state index < -0.39 is 18.0 Å². The quantitative estimate of drug-likeness (QED) is 0.782. The van der Waals surface area contributed by atoms with Gasteiger partial charge in [-0.3, -0.25) is 4.79 Å². The van der Waals surface area contributed by atoms with Gasteiger partial charge >= 0.3 is 0 Å². The van der Waals surface area contributed by atoms with Crippen LogP contribution in [0.5, 0.6) is 23.0 Å². The van der Waals surface area contributed by atoms with Crippen LogP contribution in [-0.4, -0.2) is 34.3 Å². The average molecular weight is 302 g/mol. The van der Waals surface area contributed by atoms with E-state index >= 15 is 0 Å². The number of phenolic OH excluding ortho intramolecular Hbond substituents is 2. The van der Waals surface area contributed by atoms with E-state index in [0.29, 0.717) is 5.56 Å². The molecule has 0 saturated carbocycles. The van der Waals surface area contributed by atoms with Crippen molar-refractivity contribution in [3.05, 3.63) is 47.5 Å². The number of hydrogen-bond acceptors (Lipinski definition) is 6. The van der Waals surface area contributed by atoms with E-state index in [0.717, 1.165) is 0 Å². The third kappa shape index (κ3) is 2.23. The van der Waals surface area contributed by atoms with Gasteiger partial charge < -0.3 is 24.8 Å². The van der Waals surface area contributed by atoms with Crippen LogP contribution >= 0.6 is 0 Å². The molecule has 2 aromatic carbocycles. The Kier molecular flexibility index (Phi) is 3.38. The summed E-state index contributed by atoms with van der Waals surface area (Å²) >= 11 is 0. The number of hydrogen-bond donors (Lipinski definition) is 3. The van der Waals surface area contributed by atoms with Gasteiger partial charge in [0.25, 0.3) is 0 Å². The Balaban J connectivity index is 2.04. The molecule has 1 aliphatic rings. The van der Waals surface area contributed by atoms with E-state index in [1.165, 1.54) is 43.5 Å². The molecule has 22 heavy (non-hydrogen) atoms. The first-order valence-electron chi connectivity index (χ1n) is 6.60. The van der Waals surface area contributed by atoms with Crippen molar-refractivity contribution in [1.29, 1.82) is 0 Å². The minimum absolute atomic E-state index is 0.0371. The molecule has 2 aromatic rings. The third-order valence-electron chi connectivity index (χ3n) is 3.57. The van der Waals surface area contributed by atoms with Crippen LogP contribution in [0.1, 0.15) is 22.0 Å². The first-order chi connectivity index (χ1) is 10.5. The van der Waals surface area contributed by atoms with Gasteiger partial charge in [0, 0.05) is 6.07 Å². The maximum atomic E-state index is 12.2. The van der Waals surface area contributed by atoms with E-state index in [1.54, 1.807) is 0 Å². The highest BCUT2D eigenvalue weighted by Crippen LogP contribution is 2.39. The molecule has 6 heteroatoms. The molecular formula is C16H14O6. The summed E-state index contributed by atoms with van der Waals surface area (Å²) in [7, 11) is 1.40. The number of ketones is 1. The molecule has 0 saturated heterocycles. The van der Waals surface area contributed by atoms with Gasteiger partial charge in [-0.1, -0.05) is 6.07 Å². The van der Waals surface area contributed by atoms with Crippen LogP contribution in [0.3, 0.4) is 0 Å². The van der Waals surface area contributed by atoms with Crippen molar-refractivity contribution in [3.8, 4) is 23.0 Å². The van der Waals surface area contributed by atoms with E-state index in [2.05, 4.69) is 0 Å². The first kappa shape index (κ1) is 14.2. The molecule has 114 valence electrons. The first-order valence-corrected chi connectivity index (χ1v) is 6.60. The second-order valence-electron chi connectivity index (χ2n) is 4.96. The Labute approximate surface area is 126 Å². The number of ether oxygens (including phenoxy) is 2. The van der Waals surface area contributed by atoms with Crippen LogP contribution in [0.4, 0.5) is 0 Å². The number of benzene rings is 2. The number of phenols is 2. The maximum absolute atomic E-state index is 12.2. The summed E-state index contributed by atoms with van der Waals surface area (Å²) in [6.07, 6.45) is -2.33. The molecule has 0 bridgehead atoms. The fourth-order valence-corrected chi connectivity index (χ4v) is 2.43. The minimum atomic E-state index is -1.38. The van der Waals surface area contributed by atoms with Gasteiger partial charge in [0.1, 0.15) is 11.5 Å². The summed E-state index contributed by atoms with van der Waals surface area (Å²) in [4.78, 5) is 12.2. The van der Waals surface area contributed by atoms with Crippen LogP contribution in [-0.2, 0) is 0 Å². The lowest BCUT2D eigenvalue weighted by Crippen LogP contribution is -2.36. The second kappa shape index (κ2) is 5.23. The van der Waals surface area contributed by atoms with Crippen LogP contribution in [0, 0.1) is 0 Å². The Hall–Kier alpha value is -2.73. The molecule has 0 fully saturated rings. The molecule has 0 radical (unpaired) electrons. The van der Waals surface area contributed by atoms with Crippen LogP contribution in [0.2, 0.25) is 0 Å². The molecule has 0 amide bonds. The molecule has 0 aromatic heterocycles. The summed E-state index contributed by atoms with van der Waals surface area (Å²) in [6.45, 7) is 0. The monoisotopic (exact) mass is 302 g/mol. The summed E-state index contributed by atoms with van der Waals surface area (Å²) in [6, 6.07) is 8.51. The normalized spacial score (nSPS) is 20.2. The lowest BCUT2D eigenvalue weighted by molar-refractivity contribution is 0.0215. The smallest absolute Gasteiger partial charge is 0.199 e. The van der Waals surface area contributed by atoms with Gasteiger partial charge in [0.05, 0.1) is 12.7 Å². The highest BCUT2D eigenvalue weighted by molar-refractivity contribution is 6.03. The third-order valence-corrected chi connectivity index (χ3v) is 3.57. The molecular weight excluding hydrogens is 288 g/mol. The molecule has 3 rings (SSSR count). The number of aliphatic hydroxyl groups excluding tert-OH is 1. The summed E-state index contributed by atoms with van der Waals surface area (Å²) in [5.41, 5.74) is 0.691. The SMILES string of the molecule is COc1cc(C2Oc3cc(O)ccc3C(=O)C2O)ccc1O. The predicted octanol–water partition coefficient (Wildman–Crippen LogP) is 1.78. The van der Waals surface area contributed by atoms with E-state index in [9.17, 15) is 20.1 Å². The number of methoxy groups -OCH3 is 1. The highest BCUT2D eigenvalue weighted by Gasteiger charge is 2.37. The molecule has 2 unspecified atom stereocenters. The van der Waals surface area contributed by atoms with Crippen molar-refractivity contribution in [1.82, 2.24) is 0 Å².